The maximum Gasteiger partial charge on any atom is 0.124 e. The van der Waals surface area contributed by atoms with Crippen LogP contribution in [0.3, 0.4) is 0 Å². The first kappa shape index (κ1) is 25.5. The highest BCUT2D eigenvalue weighted by Crippen LogP contribution is 2.41. The van der Waals surface area contributed by atoms with Gasteiger partial charge in [-0.3, -0.25) is 0 Å². The minimum atomic E-state index is 1.04. The largest absolute Gasteiger partial charge is 0.308 e. The molecular weight excluding hydrogens is 577 g/mol. The van der Waals surface area contributed by atoms with E-state index in [9.17, 15) is 0 Å². The summed E-state index contributed by atoms with van der Waals surface area (Å²) >= 11 is 1.77. The molecule has 3 heteroatoms. The molecular formula is C43H26N2S. The van der Waals surface area contributed by atoms with Crippen LogP contribution in [0, 0.1) is 0 Å². The van der Waals surface area contributed by atoms with Gasteiger partial charge in [0, 0.05) is 22.0 Å². The lowest BCUT2D eigenvalue weighted by Gasteiger charge is -2.13. The second kappa shape index (κ2) is 9.87. The summed E-state index contributed by atoms with van der Waals surface area (Å²) in [6, 6.07) is 57.2. The molecule has 0 saturated carbocycles. The molecule has 0 N–H and O–H groups in total. The average molecular weight is 603 g/mol. The molecule has 46 heavy (non-hydrogen) atoms. The normalized spacial score (nSPS) is 11.9. The van der Waals surface area contributed by atoms with E-state index in [-0.39, 0.29) is 0 Å². The standard InChI is InChI=1S/C43H26N2S/c1-2-10-28(11-3-1)43-44-39-25-24-37-36-16-8-9-17-40(36)45(41(37)42(39)46-43)30-21-18-27(19-22-30)29-20-23-35-33-14-5-4-12-31(33)32-13-6-7-15-34(32)38(35)26-29/h1-26H. The molecule has 0 atom stereocenters. The Labute approximate surface area is 269 Å². The number of thiazole rings is 1. The summed E-state index contributed by atoms with van der Waals surface area (Å²) in [5, 5.41) is 11.3. The van der Waals surface area contributed by atoms with Crippen LogP contribution in [0.1, 0.15) is 0 Å². The molecule has 0 fully saturated rings. The molecule has 214 valence electrons. The Morgan fingerprint density at radius 1 is 0.413 bits per heavy atom. The fourth-order valence-corrected chi connectivity index (χ4v) is 8.40. The van der Waals surface area contributed by atoms with Crippen molar-refractivity contribution in [3.05, 3.63) is 158 Å². The summed E-state index contributed by atoms with van der Waals surface area (Å²) in [7, 11) is 0. The summed E-state index contributed by atoms with van der Waals surface area (Å²) in [5.74, 6) is 0. The third-order valence-corrected chi connectivity index (χ3v) is 10.5. The van der Waals surface area contributed by atoms with Crippen molar-refractivity contribution in [2.45, 2.75) is 0 Å². The monoisotopic (exact) mass is 602 g/mol. The predicted molar refractivity (Wildman–Crippen MR) is 197 cm³/mol. The molecule has 0 spiro atoms. The topological polar surface area (TPSA) is 17.8 Å². The van der Waals surface area contributed by atoms with Gasteiger partial charge >= 0.3 is 0 Å². The molecule has 0 radical (unpaired) electrons. The van der Waals surface area contributed by atoms with Gasteiger partial charge in [0.05, 0.1) is 21.3 Å². The number of nitrogens with zero attached hydrogens (tertiary/aromatic N) is 2. The maximum atomic E-state index is 5.06. The van der Waals surface area contributed by atoms with E-state index in [1.165, 1.54) is 70.0 Å². The lowest BCUT2D eigenvalue weighted by atomic mass is 9.92. The van der Waals surface area contributed by atoms with Gasteiger partial charge in [-0.05, 0) is 79.8 Å². The van der Waals surface area contributed by atoms with Crippen molar-refractivity contribution in [1.29, 1.82) is 0 Å². The van der Waals surface area contributed by atoms with Crippen LogP contribution < -0.4 is 0 Å². The first-order valence-corrected chi connectivity index (χ1v) is 16.5. The van der Waals surface area contributed by atoms with Gasteiger partial charge in [-0.15, -0.1) is 11.3 Å². The Kier molecular flexibility index (Phi) is 5.48. The van der Waals surface area contributed by atoms with Crippen molar-refractivity contribution in [3.8, 4) is 27.4 Å². The summed E-state index contributed by atoms with van der Waals surface area (Å²) in [5.41, 5.74) is 8.19. The molecule has 2 aromatic heterocycles. The number of benzene rings is 8. The Morgan fingerprint density at radius 2 is 0.978 bits per heavy atom. The zero-order valence-electron chi connectivity index (χ0n) is 24.8. The van der Waals surface area contributed by atoms with Crippen LogP contribution in [0.5, 0.6) is 0 Å². The predicted octanol–water partition coefficient (Wildman–Crippen LogP) is 12.2. The molecule has 2 nitrogen and oxygen atoms in total. The second-order valence-electron chi connectivity index (χ2n) is 11.9. The van der Waals surface area contributed by atoms with E-state index in [0.717, 1.165) is 21.8 Å². The summed E-state index contributed by atoms with van der Waals surface area (Å²) in [6.45, 7) is 0. The third kappa shape index (κ3) is 3.73. The van der Waals surface area contributed by atoms with Crippen molar-refractivity contribution in [2.24, 2.45) is 0 Å². The molecule has 0 bridgehead atoms. The molecule has 0 unspecified atom stereocenters. The molecule has 0 aliphatic heterocycles. The lowest BCUT2D eigenvalue weighted by molar-refractivity contribution is 1.19. The van der Waals surface area contributed by atoms with E-state index in [1.54, 1.807) is 11.3 Å². The smallest absolute Gasteiger partial charge is 0.124 e. The van der Waals surface area contributed by atoms with Gasteiger partial charge in [-0.25, -0.2) is 4.98 Å². The van der Waals surface area contributed by atoms with Gasteiger partial charge in [0.2, 0.25) is 0 Å². The summed E-state index contributed by atoms with van der Waals surface area (Å²) in [6.07, 6.45) is 0. The number of rotatable bonds is 3. The number of hydrogen-bond acceptors (Lipinski definition) is 2. The van der Waals surface area contributed by atoms with E-state index in [2.05, 4.69) is 162 Å². The molecule has 0 aliphatic rings. The highest BCUT2D eigenvalue weighted by molar-refractivity contribution is 7.22. The lowest BCUT2D eigenvalue weighted by Crippen LogP contribution is -1.94. The molecule has 10 aromatic rings. The van der Waals surface area contributed by atoms with Gasteiger partial charge in [0.1, 0.15) is 5.01 Å². The molecule has 0 aliphatic carbocycles. The number of aromatic nitrogens is 2. The quantitative estimate of drug-likeness (QED) is 0.184. The Hall–Kier alpha value is -5.77. The van der Waals surface area contributed by atoms with E-state index < -0.39 is 0 Å². The minimum absolute atomic E-state index is 1.04. The number of fused-ring (bicyclic) bond motifs is 11. The Bertz CT molecular complexity index is 2750. The van der Waals surface area contributed by atoms with Crippen molar-refractivity contribution in [1.82, 2.24) is 9.55 Å². The van der Waals surface area contributed by atoms with Crippen molar-refractivity contribution in [2.75, 3.05) is 0 Å². The van der Waals surface area contributed by atoms with Crippen molar-refractivity contribution >= 4 is 75.7 Å². The van der Waals surface area contributed by atoms with E-state index >= 15 is 0 Å². The number of para-hydroxylation sites is 1. The SMILES string of the molecule is c1ccc(-c2nc3ccc4c5ccccc5n(-c5ccc(-c6ccc7c8ccccc8c8ccccc8c7c6)cc5)c4c3s2)cc1. The molecule has 0 saturated heterocycles. The fraction of sp³-hybridized carbons (Fsp3) is 0. The van der Waals surface area contributed by atoms with Crippen LogP contribution in [-0.4, -0.2) is 9.55 Å². The summed E-state index contributed by atoms with van der Waals surface area (Å²) in [4.78, 5) is 5.06. The van der Waals surface area contributed by atoms with Crippen LogP contribution in [0.2, 0.25) is 0 Å². The second-order valence-corrected chi connectivity index (χ2v) is 12.9. The van der Waals surface area contributed by atoms with Crippen LogP contribution in [0.25, 0.3) is 91.7 Å². The first-order chi connectivity index (χ1) is 22.8. The molecule has 0 amide bonds. The highest BCUT2D eigenvalue weighted by atomic mass is 32.1. The van der Waals surface area contributed by atoms with Gasteiger partial charge < -0.3 is 4.57 Å². The fourth-order valence-electron chi connectivity index (χ4n) is 7.30. The van der Waals surface area contributed by atoms with Crippen molar-refractivity contribution in [3.63, 3.8) is 0 Å². The van der Waals surface area contributed by atoms with Crippen LogP contribution in [0.15, 0.2) is 158 Å². The molecule has 8 aromatic carbocycles. The molecule has 10 rings (SSSR count). The van der Waals surface area contributed by atoms with Crippen LogP contribution >= 0.6 is 11.3 Å². The molecule has 2 heterocycles. The van der Waals surface area contributed by atoms with Gasteiger partial charge in [-0.2, -0.15) is 0 Å². The van der Waals surface area contributed by atoms with E-state index in [0.29, 0.717) is 0 Å². The average Bonchev–Trinajstić information content (AvgIpc) is 3.72. The summed E-state index contributed by atoms with van der Waals surface area (Å²) < 4.78 is 3.63. The van der Waals surface area contributed by atoms with Gasteiger partial charge in [0.25, 0.3) is 0 Å². The first-order valence-electron chi connectivity index (χ1n) is 15.6. The van der Waals surface area contributed by atoms with Crippen LogP contribution in [-0.2, 0) is 0 Å². The van der Waals surface area contributed by atoms with E-state index in [1.807, 2.05) is 0 Å². The van der Waals surface area contributed by atoms with Gasteiger partial charge in [0.15, 0.2) is 0 Å². The van der Waals surface area contributed by atoms with Crippen LogP contribution in [0.4, 0.5) is 0 Å². The van der Waals surface area contributed by atoms with E-state index in [4.69, 9.17) is 4.98 Å². The van der Waals surface area contributed by atoms with Gasteiger partial charge in [-0.1, -0.05) is 121 Å². The minimum Gasteiger partial charge on any atom is -0.308 e. The Balaban J connectivity index is 1.15. The van der Waals surface area contributed by atoms with Crippen molar-refractivity contribution < 1.29 is 0 Å². The zero-order chi connectivity index (χ0) is 30.2. The highest BCUT2D eigenvalue weighted by Gasteiger charge is 2.18. The third-order valence-electron chi connectivity index (χ3n) is 9.41. The number of hydrogen-bond donors (Lipinski definition) is 0. The Morgan fingerprint density at radius 3 is 1.70 bits per heavy atom. The zero-order valence-corrected chi connectivity index (χ0v) is 25.6. The maximum absolute atomic E-state index is 5.06.